The first-order valence-electron chi connectivity index (χ1n) is 6.58. The summed E-state index contributed by atoms with van der Waals surface area (Å²) in [5, 5.41) is 3.31. The maximum atomic E-state index is 11.9. The first kappa shape index (κ1) is 15.3. The Kier molecular flexibility index (Phi) is 4.81. The largest absolute Gasteiger partial charge is 0.484 e. The molecule has 1 aromatic carbocycles. The van der Waals surface area contributed by atoms with E-state index in [-0.39, 0.29) is 12.5 Å². The molecule has 0 unspecified atom stereocenters. The molecule has 1 heterocycles. The number of aromatic nitrogens is 1. The number of nitrogens with zero attached hydrogens (tertiary/aromatic N) is 1. The van der Waals surface area contributed by atoms with Gasteiger partial charge in [-0.2, -0.15) is 0 Å². The van der Waals surface area contributed by atoms with Crippen LogP contribution in [-0.4, -0.2) is 17.5 Å². The Morgan fingerprint density at radius 3 is 2.81 bits per heavy atom. The van der Waals surface area contributed by atoms with Crippen LogP contribution < -0.4 is 10.1 Å². The second-order valence-electron chi connectivity index (χ2n) is 4.85. The van der Waals surface area contributed by atoms with Crippen LogP contribution in [0.15, 0.2) is 30.5 Å². The Morgan fingerprint density at radius 2 is 2.10 bits per heavy atom. The molecule has 4 nitrogen and oxygen atoms in total. The van der Waals surface area contributed by atoms with Crippen LogP contribution in [-0.2, 0) is 4.79 Å². The second-order valence-corrected chi connectivity index (χ2v) is 5.23. The first-order valence-corrected chi connectivity index (χ1v) is 6.96. The topological polar surface area (TPSA) is 51.2 Å². The summed E-state index contributed by atoms with van der Waals surface area (Å²) < 4.78 is 5.45. The van der Waals surface area contributed by atoms with Crippen LogP contribution in [0.5, 0.6) is 5.75 Å². The molecule has 0 aliphatic rings. The minimum absolute atomic E-state index is 0.0611. The molecule has 0 saturated heterocycles. The van der Waals surface area contributed by atoms with E-state index >= 15 is 0 Å². The van der Waals surface area contributed by atoms with Gasteiger partial charge in [-0.1, -0.05) is 23.7 Å². The van der Waals surface area contributed by atoms with Crippen LogP contribution in [0.3, 0.4) is 0 Å². The zero-order valence-corrected chi connectivity index (χ0v) is 13.0. The van der Waals surface area contributed by atoms with Crippen LogP contribution in [0.2, 0.25) is 5.02 Å². The Bertz CT molecular complexity index is 671. The SMILES string of the molecule is Cc1cccc(OCC(=O)Nc2cnc(C)c(Cl)c2C)c1. The van der Waals surface area contributed by atoms with Gasteiger partial charge in [0, 0.05) is 0 Å². The van der Waals surface area contributed by atoms with Crippen molar-refractivity contribution >= 4 is 23.2 Å². The summed E-state index contributed by atoms with van der Waals surface area (Å²) in [4.78, 5) is 16.0. The van der Waals surface area contributed by atoms with Gasteiger partial charge in [-0.05, 0) is 44.0 Å². The van der Waals surface area contributed by atoms with E-state index in [0.717, 1.165) is 16.8 Å². The average molecular weight is 305 g/mol. The van der Waals surface area contributed by atoms with Crippen molar-refractivity contribution in [2.24, 2.45) is 0 Å². The highest BCUT2D eigenvalue weighted by atomic mass is 35.5. The van der Waals surface area contributed by atoms with Gasteiger partial charge < -0.3 is 10.1 Å². The molecule has 0 aliphatic carbocycles. The van der Waals surface area contributed by atoms with Gasteiger partial charge in [-0.15, -0.1) is 0 Å². The van der Waals surface area contributed by atoms with Gasteiger partial charge in [-0.25, -0.2) is 0 Å². The number of anilines is 1. The molecule has 110 valence electrons. The lowest BCUT2D eigenvalue weighted by atomic mass is 10.2. The number of ether oxygens (including phenoxy) is 1. The normalized spacial score (nSPS) is 10.3. The molecule has 5 heteroatoms. The molecule has 0 fully saturated rings. The van der Waals surface area contributed by atoms with E-state index < -0.39 is 0 Å². The second kappa shape index (κ2) is 6.59. The number of hydrogen-bond donors (Lipinski definition) is 1. The third-order valence-corrected chi connectivity index (χ3v) is 3.63. The summed E-state index contributed by atoms with van der Waals surface area (Å²) in [5.74, 6) is 0.420. The van der Waals surface area contributed by atoms with Crippen molar-refractivity contribution in [1.82, 2.24) is 4.98 Å². The summed E-state index contributed by atoms with van der Waals surface area (Å²) in [6, 6.07) is 7.55. The van der Waals surface area contributed by atoms with E-state index in [1.54, 1.807) is 6.20 Å². The van der Waals surface area contributed by atoms with Gasteiger partial charge in [0.2, 0.25) is 0 Å². The van der Waals surface area contributed by atoms with Gasteiger partial charge in [0.25, 0.3) is 5.91 Å². The maximum absolute atomic E-state index is 11.9. The van der Waals surface area contributed by atoms with Crippen LogP contribution in [0.1, 0.15) is 16.8 Å². The summed E-state index contributed by atoms with van der Waals surface area (Å²) in [7, 11) is 0. The summed E-state index contributed by atoms with van der Waals surface area (Å²) in [6.45, 7) is 5.57. The van der Waals surface area contributed by atoms with E-state index in [1.165, 1.54) is 0 Å². The van der Waals surface area contributed by atoms with Crippen molar-refractivity contribution < 1.29 is 9.53 Å². The minimum Gasteiger partial charge on any atom is -0.484 e. The number of carbonyl (C=O) groups excluding carboxylic acids is 1. The van der Waals surface area contributed by atoms with Crippen molar-refractivity contribution in [3.8, 4) is 5.75 Å². The molecule has 0 aliphatic heterocycles. The number of amides is 1. The van der Waals surface area contributed by atoms with E-state index in [1.807, 2.05) is 45.0 Å². The molecule has 0 radical (unpaired) electrons. The van der Waals surface area contributed by atoms with E-state index in [4.69, 9.17) is 16.3 Å². The van der Waals surface area contributed by atoms with Gasteiger partial charge >= 0.3 is 0 Å². The zero-order chi connectivity index (χ0) is 15.4. The number of nitrogens with one attached hydrogen (secondary N) is 1. The third-order valence-electron chi connectivity index (χ3n) is 3.07. The smallest absolute Gasteiger partial charge is 0.262 e. The summed E-state index contributed by atoms with van der Waals surface area (Å²) in [5.41, 5.74) is 3.22. The molecule has 1 aromatic heterocycles. The quantitative estimate of drug-likeness (QED) is 0.937. The fraction of sp³-hybridized carbons (Fsp3) is 0.250. The van der Waals surface area contributed by atoms with E-state index in [2.05, 4.69) is 10.3 Å². The average Bonchev–Trinajstić information content (AvgIpc) is 2.46. The molecule has 0 atom stereocenters. The fourth-order valence-corrected chi connectivity index (χ4v) is 2.02. The van der Waals surface area contributed by atoms with Crippen LogP contribution in [0.25, 0.3) is 0 Å². The predicted molar refractivity (Wildman–Crippen MR) is 84.0 cm³/mol. The van der Waals surface area contributed by atoms with Crippen molar-refractivity contribution in [1.29, 1.82) is 0 Å². The highest BCUT2D eigenvalue weighted by molar-refractivity contribution is 6.32. The molecule has 21 heavy (non-hydrogen) atoms. The fourth-order valence-electron chi connectivity index (χ4n) is 1.87. The van der Waals surface area contributed by atoms with Gasteiger partial charge in [0.1, 0.15) is 5.75 Å². The number of halogens is 1. The molecule has 1 N–H and O–H groups in total. The molecule has 2 aromatic rings. The van der Waals surface area contributed by atoms with Crippen molar-refractivity contribution in [2.75, 3.05) is 11.9 Å². The van der Waals surface area contributed by atoms with Crippen molar-refractivity contribution in [2.45, 2.75) is 20.8 Å². The standard InChI is InChI=1S/C16H17ClN2O2/c1-10-5-4-6-13(7-10)21-9-15(20)19-14-8-18-12(3)16(17)11(14)2/h4-8H,9H2,1-3H3,(H,19,20). The number of carbonyl (C=O) groups is 1. The summed E-state index contributed by atoms with van der Waals surface area (Å²) >= 11 is 6.11. The number of benzene rings is 1. The molecule has 0 bridgehead atoms. The molecule has 1 amide bonds. The maximum Gasteiger partial charge on any atom is 0.262 e. The highest BCUT2D eigenvalue weighted by Crippen LogP contribution is 2.24. The molecule has 0 saturated carbocycles. The first-order chi connectivity index (χ1) is 9.97. The zero-order valence-electron chi connectivity index (χ0n) is 12.2. The molecule has 0 spiro atoms. The lowest BCUT2D eigenvalue weighted by Gasteiger charge is -2.11. The molecule has 2 rings (SSSR count). The van der Waals surface area contributed by atoms with Gasteiger partial charge in [0.15, 0.2) is 6.61 Å². The Morgan fingerprint density at radius 1 is 1.33 bits per heavy atom. The van der Waals surface area contributed by atoms with Gasteiger partial charge in [-0.3, -0.25) is 9.78 Å². The minimum atomic E-state index is -0.249. The third kappa shape index (κ3) is 3.95. The van der Waals surface area contributed by atoms with Gasteiger partial charge in [0.05, 0.1) is 22.6 Å². The molecular formula is C16H17ClN2O2. The van der Waals surface area contributed by atoms with Crippen LogP contribution in [0.4, 0.5) is 5.69 Å². The Balaban J connectivity index is 1.98. The number of hydrogen-bond acceptors (Lipinski definition) is 3. The monoisotopic (exact) mass is 304 g/mol. The lowest BCUT2D eigenvalue weighted by molar-refractivity contribution is -0.118. The van der Waals surface area contributed by atoms with E-state index in [9.17, 15) is 4.79 Å². The number of rotatable bonds is 4. The predicted octanol–water partition coefficient (Wildman–Crippen LogP) is 3.68. The highest BCUT2D eigenvalue weighted by Gasteiger charge is 2.10. The van der Waals surface area contributed by atoms with E-state index in [0.29, 0.717) is 16.5 Å². The lowest BCUT2D eigenvalue weighted by Crippen LogP contribution is -2.21. The molecular weight excluding hydrogens is 288 g/mol. The number of aryl methyl sites for hydroxylation is 2. The van der Waals surface area contributed by atoms with Crippen molar-refractivity contribution in [3.63, 3.8) is 0 Å². The van der Waals surface area contributed by atoms with Crippen LogP contribution in [0, 0.1) is 20.8 Å². The Labute approximate surface area is 129 Å². The summed E-state index contributed by atoms with van der Waals surface area (Å²) in [6.07, 6.45) is 1.60. The van der Waals surface area contributed by atoms with Crippen molar-refractivity contribution in [3.05, 3.63) is 52.3 Å². The van der Waals surface area contributed by atoms with Crippen LogP contribution >= 0.6 is 11.6 Å². The number of pyridine rings is 1. The Hall–Kier alpha value is -2.07.